The van der Waals surface area contributed by atoms with Crippen LogP contribution in [0.15, 0.2) is 72.4 Å². The monoisotopic (exact) mass is 412 g/mol. The van der Waals surface area contributed by atoms with Crippen molar-refractivity contribution in [3.63, 3.8) is 0 Å². The lowest BCUT2D eigenvalue weighted by atomic mass is 9.99. The largest absolute Gasteiger partial charge is 0.497 e. The fraction of sp³-hybridized carbons (Fsp3) is 0.154. The maximum absolute atomic E-state index is 13.6. The first kappa shape index (κ1) is 20.4. The molecule has 2 amide bonds. The molecular weight excluding hydrogens is 388 g/mol. The summed E-state index contributed by atoms with van der Waals surface area (Å²) in [7, 11) is 1.60. The molecule has 5 nitrogen and oxygen atoms in total. The Morgan fingerprint density at radius 1 is 0.774 bits per heavy atom. The Balaban J connectivity index is 1.83. The summed E-state index contributed by atoms with van der Waals surface area (Å²) in [6, 6.07) is 20.4. The molecule has 1 N–H and O–H groups in total. The van der Waals surface area contributed by atoms with Gasteiger partial charge >= 0.3 is 0 Å². The second-order valence-corrected chi connectivity index (χ2v) is 7.63. The predicted octanol–water partition coefficient (Wildman–Crippen LogP) is 5.02. The van der Waals surface area contributed by atoms with Crippen LogP contribution >= 0.6 is 0 Å². The number of imide groups is 1. The number of aryl methyl sites for hydroxylation is 3. The van der Waals surface area contributed by atoms with E-state index in [9.17, 15) is 9.59 Å². The predicted molar refractivity (Wildman–Crippen MR) is 123 cm³/mol. The topological polar surface area (TPSA) is 58.6 Å². The first-order valence-electron chi connectivity index (χ1n) is 10.1. The van der Waals surface area contributed by atoms with Crippen LogP contribution in [0.2, 0.25) is 0 Å². The Hall–Kier alpha value is -3.86. The molecule has 156 valence electrons. The Bertz CT molecular complexity index is 1210. The van der Waals surface area contributed by atoms with Gasteiger partial charge in [0.1, 0.15) is 11.4 Å². The minimum Gasteiger partial charge on any atom is -0.497 e. The summed E-state index contributed by atoms with van der Waals surface area (Å²) in [6.07, 6.45) is 0. The summed E-state index contributed by atoms with van der Waals surface area (Å²) in [5, 5.41) is 3.19. The van der Waals surface area contributed by atoms with E-state index in [2.05, 4.69) is 5.32 Å². The van der Waals surface area contributed by atoms with Crippen molar-refractivity contribution in [2.45, 2.75) is 20.8 Å². The number of hydrogen-bond donors (Lipinski definition) is 1. The molecule has 1 heterocycles. The lowest BCUT2D eigenvalue weighted by Crippen LogP contribution is -2.33. The van der Waals surface area contributed by atoms with Crippen LogP contribution in [0, 0.1) is 20.8 Å². The normalized spacial score (nSPS) is 13.7. The van der Waals surface area contributed by atoms with Gasteiger partial charge in [0, 0.05) is 5.69 Å². The molecule has 1 aliphatic rings. The number of nitrogens with zero attached hydrogens (tertiary/aromatic N) is 1. The van der Waals surface area contributed by atoms with E-state index in [4.69, 9.17) is 4.74 Å². The molecule has 0 fully saturated rings. The number of ether oxygens (including phenoxy) is 1. The molecule has 0 spiro atoms. The number of hydrogen-bond acceptors (Lipinski definition) is 4. The number of benzene rings is 3. The minimum absolute atomic E-state index is 0.265. The van der Waals surface area contributed by atoms with Crippen LogP contribution in [0.25, 0.3) is 5.57 Å². The number of carbonyl (C=O) groups excluding carboxylic acids is 2. The highest BCUT2D eigenvalue weighted by atomic mass is 16.5. The van der Waals surface area contributed by atoms with Gasteiger partial charge < -0.3 is 10.1 Å². The fourth-order valence-corrected chi connectivity index (χ4v) is 3.66. The minimum atomic E-state index is -0.372. The smallest absolute Gasteiger partial charge is 0.282 e. The van der Waals surface area contributed by atoms with E-state index >= 15 is 0 Å². The second kappa shape index (κ2) is 8.11. The maximum atomic E-state index is 13.6. The van der Waals surface area contributed by atoms with Crippen molar-refractivity contribution in [3.8, 4) is 5.75 Å². The SMILES string of the molecule is COc1ccc(NC2=C(c3ccc(C)c(C)c3)C(=O)N(c3ccccc3C)C2=O)cc1. The molecule has 0 radical (unpaired) electrons. The van der Waals surface area contributed by atoms with E-state index in [1.54, 1.807) is 25.3 Å². The fourth-order valence-electron chi connectivity index (χ4n) is 3.66. The van der Waals surface area contributed by atoms with E-state index in [0.29, 0.717) is 28.3 Å². The van der Waals surface area contributed by atoms with Gasteiger partial charge in [-0.1, -0.05) is 36.4 Å². The lowest BCUT2D eigenvalue weighted by Gasteiger charge is -2.17. The van der Waals surface area contributed by atoms with Crippen molar-refractivity contribution < 1.29 is 14.3 Å². The van der Waals surface area contributed by atoms with E-state index in [1.807, 2.05) is 69.3 Å². The molecule has 0 saturated carbocycles. The molecule has 1 aliphatic heterocycles. The third-order valence-corrected chi connectivity index (χ3v) is 5.60. The molecule has 0 aliphatic carbocycles. The standard InChI is InChI=1S/C26H24N2O3/c1-16-9-10-19(15-18(16)3)23-24(27-20-11-13-21(31-4)14-12-20)26(30)28(25(23)29)22-8-6-5-7-17(22)2/h5-15,27H,1-4H3. The number of rotatable bonds is 5. The van der Waals surface area contributed by atoms with Gasteiger partial charge in [0.05, 0.1) is 18.4 Å². The van der Waals surface area contributed by atoms with Gasteiger partial charge in [-0.2, -0.15) is 0 Å². The van der Waals surface area contributed by atoms with Gasteiger partial charge in [-0.15, -0.1) is 0 Å². The molecule has 3 aromatic carbocycles. The number of amides is 2. The summed E-state index contributed by atoms with van der Waals surface area (Å²) >= 11 is 0. The number of carbonyl (C=O) groups is 2. The van der Waals surface area contributed by atoms with Crippen molar-refractivity contribution in [1.29, 1.82) is 0 Å². The maximum Gasteiger partial charge on any atom is 0.282 e. The van der Waals surface area contributed by atoms with Crippen molar-refractivity contribution in [2.75, 3.05) is 17.3 Å². The summed E-state index contributed by atoms with van der Waals surface area (Å²) in [5.41, 5.74) is 5.68. The Labute approximate surface area is 182 Å². The highest BCUT2D eigenvalue weighted by Gasteiger charge is 2.40. The zero-order valence-electron chi connectivity index (χ0n) is 18.0. The van der Waals surface area contributed by atoms with Gasteiger partial charge in [-0.25, -0.2) is 4.90 Å². The summed E-state index contributed by atoms with van der Waals surface area (Å²) in [5.74, 6) is 0.00573. The number of nitrogens with one attached hydrogen (secondary N) is 1. The number of methoxy groups -OCH3 is 1. The van der Waals surface area contributed by atoms with Crippen molar-refractivity contribution in [1.82, 2.24) is 0 Å². The molecule has 0 saturated heterocycles. The van der Waals surface area contributed by atoms with Crippen molar-refractivity contribution >= 4 is 28.8 Å². The van der Waals surface area contributed by atoms with E-state index in [0.717, 1.165) is 16.7 Å². The van der Waals surface area contributed by atoms with E-state index < -0.39 is 0 Å². The van der Waals surface area contributed by atoms with Crippen LogP contribution < -0.4 is 15.0 Å². The molecular formula is C26H24N2O3. The average molecular weight is 412 g/mol. The molecule has 3 aromatic rings. The molecule has 0 bridgehead atoms. The van der Waals surface area contributed by atoms with Crippen LogP contribution in [0.5, 0.6) is 5.75 Å². The molecule has 0 aromatic heterocycles. The molecule has 5 heteroatoms. The van der Waals surface area contributed by atoms with Crippen molar-refractivity contribution in [2.24, 2.45) is 0 Å². The first-order chi connectivity index (χ1) is 14.9. The molecule has 31 heavy (non-hydrogen) atoms. The molecule has 4 rings (SSSR count). The third-order valence-electron chi connectivity index (χ3n) is 5.60. The van der Waals surface area contributed by atoms with Gasteiger partial charge in [0.15, 0.2) is 0 Å². The summed E-state index contributed by atoms with van der Waals surface area (Å²) < 4.78 is 5.21. The highest BCUT2D eigenvalue weighted by Crippen LogP contribution is 2.35. The highest BCUT2D eigenvalue weighted by molar-refractivity contribution is 6.46. The number of para-hydroxylation sites is 1. The summed E-state index contributed by atoms with van der Waals surface area (Å²) in [4.78, 5) is 28.3. The zero-order chi connectivity index (χ0) is 22.1. The van der Waals surface area contributed by atoms with Crippen LogP contribution in [-0.4, -0.2) is 18.9 Å². The lowest BCUT2D eigenvalue weighted by molar-refractivity contribution is -0.120. The number of anilines is 2. The van der Waals surface area contributed by atoms with Crippen LogP contribution in [-0.2, 0) is 9.59 Å². The average Bonchev–Trinajstić information content (AvgIpc) is 3.00. The second-order valence-electron chi connectivity index (χ2n) is 7.63. The van der Waals surface area contributed by atoms with Crippen LogP contribution in [0.4, 0.5) is 11.4 Å². The van der Waals surface area contributed by atoms with E-state index in [-0.39, 0.29) is 17.5 Å². The Kier molecular flexibility index (Phi) is 5.34. The van der Waals surface area contributed by atoms with Gasteiger partial charge in [-0.3, -0.25) is 9.59 Å². The van der Waals surface area contributed by atoms with Gasteiger partial charge in [0.2, 0.25) is 0 Å². The van der Waals surface area contributed by atoms with E-state index in [1.165, 1.54) is 4.90 Å². The van der Waals surface area contributed by atoms with Gasteiger partial charge in [0.25, 0.3) is 11.8 Å². The molecule has 0 atom stereocenters. The molecule has 0 unspecified atom stereocenters. The summed E-state index contributed by atoms with van der Waals surface area (Å²) in [6.45, 7) is 5.90. The van der Waals surface area contributed by atoms with Crippen molar-refractivity contribution in [3.05, 3.63) is 94.7 Å². The van der Waals surface area contributed by atoms with Crippen LogP contribution in [0.3, 0.4) is 0 Å². The Morgan fingerprint density at radius 2 is 1.48 bits per heavy atom. The third kappa shape index (κ3) is 3.70. The quantitative estimate of drug-likeness (QED) is 0.598. The zero-order valence-corrected chi connectivity index (χ0v) is 18.0. The van der Waals surface area contributed by atoms with Gasteiger partial charge in [-0.05, 0) is 73.4 Å². The first-order valence-corrected chi connectivity index (χ1v) is 10.1. The van der Waals surface area contributed by atoms with Crippen LogP contribution in [0.1, 0.15) is 22.3 Å². The Morgan fingerprint density at radius 3 is 2.13 bits per heavy atom.